The molecule has 0 saturated heterocycles. The number of fused-ring (bicyclic) bond motifs is 3. The van der Waals surface area contributed by atoms with Gasteiger partial charge in [-0.3, -0.25) is 0 Å². The van der Waals surface area contributed by atoms with Gasteiger partial charge in [0.2, 0.25) is 6.29 Å². The Hall–Kier alpha value is -5.10. The lowest BCUT2D eigenvalue weighted by atomic mass is 9.71. The minimum atomic E-state index is -0.642. The standard InChI is InChI=1S/C49H58O6/c1-6-11-14-17-48(55-47(51)10-5)54-41-26-20-37(21-27-41)39-23-29-43-42-28-22-38(34-44(42)49(30-7-2,31-8-3)45(43)35-39)36-18-24-40(25-19-36)52-32-15-12-13-16-33-53-46(50)9-4/h9-10,18-29,34-35,48H,4-8,11-17,30-33H2,1-3H3. The summed E-state index contributed by atoms with van der Waals surface area (Å²) in [6, 6.07) is 30.6. The number of unbranched alkanes of at least 4 members (excludes halogenated alkanes) is 5. The van der Waals surface area contributed by atoms with Crippen LogP contribution in [0.5, 0.6) is 11.5 Å². The molecule has 0 heterocycles. The largest absolute Gasteiger partial charge is 0.494 e. The summed E-state index contributed by atoms with van der Waals surface area (Å²) in [7, 11) is 0. The lowest BCUT2D eigenvalue weighted by molar-refractivity contribution is -0.158. The molecule has 0 radical (unpaired) electrons. The zero-order valence-electron chi connectivity index (χ0n) is 33.1. The van der Waals surface area contributed by atoms with Gasteiger partial charge in [-0.25, -0.2) is 9.59 Å². The lowest BCUT2D eigenvalue weighted by Crippen LogP contribution is -2.25. The summed E-state index contributed by atoms with van der Waals surface area (Å²) in [4.78, 5) is 23.1. The number of benzene rings is 4. The highest BCUT2D eigenvalue weighted by atomic mass is 16.7. The fraction of sp³-hybridized carbons (Fsp3) is 0.388. The molecular weight excluding hydrogens is 685 g/mol. The average molecular weight is 743 g/mol. The summed E-state index contributed by atoms with van der Waals surface area (Å²) in [5.41, 5.74) is 10.1. The number of ether oxygens (including phenoxy) is 4. The Morgan fingerprint density at radius 3 is 1.65 bits per heavy atom. The topological polar surface area (TPSA) is 71.1 Å². The predicted molar refractivity (Wildman–Crippen MR) is 223 cm³/mol. The molecule has 4 aromatic rings. The molecule has 0 aliphatic heterocycles. The van der Waals surface area contributed by atoms with E-state index >= 15 is 0 Å². The van der Waals surface area contributed by atoms with Gasteiger partial charge in [0.05, 0.1) is 13.2 Å². The van der Waals surface area contributed by atoms with E-state index in [-0.39, 0.29) is 11.4 Å². The highest BCUT2D eigenvalue weighted by Crippen LogP contribution is 2.55. The number of carbonyl (C=O) groups excluding carboxylic acids is 2. The van der Waals surface area contributed by atoms with E-state index in [2.05, 4.69) is 107 Å². The second-order valence-corrected chi connectivity index (χ2v) is 14.5. The van der Waals surface area contributed by atoms with Gasteiger partial charge in [0.1, 0.15) is 11.5 Å². The first-order valence-electron chi connectivity index (χ1n) is 20.3. The van der Waals surface area contributed by atoms with Crippen LogP contribution in [0.1, 0.15) is 109 Å². The predicted octanol–water partition coefficient (Wildman–Crippen LogP) is 12.6. The summed E-state index contributed by atoms with van der Waals surface area (Å²) in [6.07, 6.45) is 13.6. The first-order chi connectivity index (χ1) is 26.8. The van der Waals surface area contributed by atoms with Crippen LogP contribution in [0.25, 0.3) is 33.4 Å². The van der Waals surface area contributed by atoms with Crippen LogP contribution >= 0.6 is 0 Å². The van der Waals surface area contributed by atoms with Gasteiger partial charge in [-0.05, 0) is 126 Å². The van der Waals surface area contributed by atoms with Gasteiger partial charge in [0.15, 0.2) is 0 Å². The monoisotopic (exact) mass is 742 g/mol. The smallest absolute Gasteiger partial charge is 0.333 e. The van der Waals surface area contributed by atoms with Crippen molar-refractivity contribution in [2.24, 2.45) is 0 Å². The Bertz CT molecular complexity index is 1870. The molecule has 1 unspecified atom stereocenters. The van der Waals surface area contributed by atoms with Crippen LogP contribution in [0, 0.1) is 0 Å². The van der Waals surface area contributed by atoms with Crippen molar-refractivity contribution in [2.45, 2.75) is 110 Å². The van der Waals surface area contributed by atoms with Gasteiger partial charge in [0, 0.05) is 24.0 Å². The Morgan fingerprint density at radius 1 is 0.600 bits per heavy atom. The molecule has 1 aliphatic carbocycles. The van der Waals surface area contributed by atoms with Crippen LogP contribution in [-0.4, -0.2) is 31.4 Å². The molecule has 290 valence electrons. The van der Waals surface area contributed by atoms with Crippen LogP contribution in [0.2, 0.25) is 0 Å². The molecule has 1 atom stereocenters. The van der Waals surface area contributed by atoms with E-state index in [9.17, 15) is 9.59 Å². The van der Waals surface area contributed by atoms with E-state index in [1.807, 2.05) is 12.1 Å². The van der Waals surface area contributed by atoms with E-state index < -0.39 is 12.3 Å². The molecule has 1 aliphatic rings. The molecule has 0 aromatic heterocycles. The Balaban J connectivity index is 1.30. The third kappa shape index (κ3) is 10.6. The van der Waals surface area contributed by atoms with Gasteiger partial charge >= 0.3 is 11.9 Å². The molecular formula is C49H58O6. The van der Waals surface area contributed by atoms with Crippen molar-refractivity contribution < 1.29 is 28.5 Å². The molecule has 0 fully saturated rings. The van der Waals surface area contributed by atoms with Gasteiger partial charge in [-0.2, -0.15) is 0 Å². The van der Waals surface area contributed by atoms with Crippen LogP contribution in [0.4, 0.5) is 0 Å². The lowest BCUT2D eigenvalue weighted by Gasteiger charge is -2.32. The minimum absolute atomic E-state index is 0.0691. The van der Waals surface area contributed by atoms with Crippen molar-refractivity contribution in [2.75, 3.05) is 13.2 Å². The maximum absolute atomic E-state index is 12.0. The van der Waals surface area contributed by atoms with Gasteiger partial charge in [-0.15, -0.1) is 0 Å². The summed E-state index contributed by atoms with van der Waals surface area (Å²) >= 11 is 0. The van der Waals surface area contributed by atoms with Gasteiger partial charge in [0.25, 0.3) is 0 Å². The highest BCUT2D eigenvalue weighted by Gasteiger charge is 2.42. The van der Waals surface area contributed by atoms with E-state index in [0.717, 1.165) is 81.9 Å². The SMILES string of the molecule is C=CC(=O)OCCCCCCOc1ccc(-c2ccc3c(c2)C(CCC)(CCC)c2cc(-c4ccc(OC(CCCCC)OC(=O)C=C)cc4)ccc2-3)cc1. The molecule has 55 heavy (non-hydrogen) atoms. The molecule has 6 heteroatoms. The maximum Gasteiger partial charge on any atom is 0.333 e. The third-order valence-corrected chi connectivity index (χ3v) is 10.5. The number of esters is 2. The quantitative estimate of drug-likeness (QED) is 0.0326. The van der Waals surface area contributed by atoms with Crippen molar-refractivity contribution in [3.63, 3.8) is 0 Å². The van der Waals surface area contributed by atoms with Crippen LogP contribution < -0.4 is 9.47 Å². The second kappa shape index (κ2) is 20.5. The minimum Gasteiger partial charge on any atom is -0.494 e. The molecule has 0 amide bonds. The Morgan fingerprint density at radius 2 is 1.13 bits per heavy atom. The van der Waals surface area contributed by atoms with Crippen LogP contribution in [0.3, 0.4) is 0 Å². The highest BCUT2D eigenvalue weighted by molar-refractivity contribution is 5.86. The van der Waals surface area contributed by atoms with E-state index in [1.54, 1.807) is 0 Å². The van der Waals surface area contributed by atoms with E-state index in [1.165, 1.54) is 51.1 Å². The fourth-order valence-corrected chi connectivity index (χ4v) is 7.85. The average Bonchev–Trinajstić information content (AvgIpc) is 3.47. The molecule has 6 nitrogen and oxygen atoms in total. The maximum atomic E-state index is 12.0. The summed E-state index contributed by atoms with van der Waals surface area (Å²) in [5, 5.41) is 0. The summed E-state index contributed by atoms with van der Waals surface area (Å²) in [5.74, 6) is 0.708. The zero-order valence-corrected chi connectivity index (χ0v) is 33.1. The molecule has 0 N–H and O–H groups in total. The summed E-state index contributed by atoms with van der Waals surface area (Å²) in [6.45, 7) is 14.8. The van der Waals surface area contributed by atoms with E-state index in [4.69, 9.17) is 18.9 Å². The molecule has 0 saturated carbocycles. The number of hydrogen-bond acceptors (Lipinski definition) is 6. The fourth-order valence-electron chi connectivity index (χ4n) is 7.85. The summed E-state index contributed by atoms with van der Waals surface area (Å²) < 4.78 is 22.7. The number of rotatable bonds is 23. The van der Waals surface area contributed by atoms with Crippen molar-refractivity contribution in [3.05, 3.63) is 121 Å². The first-order valence-corrected chi connectivity index (χ1v) is 20.3. The Labute approximate surface area is 328 Å². The molecule has 0 spiro atoms. The second-order valence-electron chi connectivity index (χ2n) is 14.5. The van der Waals surface area contributed by atoms with Crippen molar-refractivity contribution >= 4 is 11.9 Å². The molecule has 0 bridgehead atoms. The van der Waals surface area contributed by atoms with Gasteiger partial charge in [-0.1, -0.05) is 108 Å². The van der Waals surface area contributed by atoms with Crippen molar-refractivity contribution in [1.29, 1.82) is 0 Å². The number of hydrogen-bond donors (Lipinski definition) is 0. The molecule has 5 rings (SSSR count). The van der Waals surface area contributed by atoms with Crippen molar-refractivity contribution in [1.82, 2.24) is 0 Å². The zero-order chi connectivity index (χ0) is 39.0. The van der Waals surface area contributed by atoms with E-state index in [0.29, 0.717) is 25.4 Å². The Kier molecular flexibility index (Phi) is 15.3. The number of carbonyl (C=O) groups is 2. The third-order valence-electron chi connectivity index (χ3n) is 10.5. The van der Waals surface area contributed by atoms with Crippen LogP contribution in [0.15, 0.2) is 110 Å². The first kappa shape index (κ1) is 41.1. The van der Waals surface area contributed by atoms with Crippen LogP contribution in [-0.2, 0) is 24.5 Å². The van der Waals surface area contributed by atoms with Gasteiger partial charge < -0.3 is 18.9 Å². The normalized spacial score (nSPS) is 12.9. The molecule has 4 aromatic carbocycles. The van der Waals surface area contributed by atoms with Crippen molar-refractivity contribution in [3.8, 4) is 44.9 Å².